The van der Waals surface area contributed by atoms with Gasteiger partial charge in [-0.15, -0.1) is 22.7 Å². The highest BCUT2D eigenvalue weighted by atomic mass is 32.1. The zero-order valence-corrected chi connectivity index (χ0v) is 38.8. The van der Waals surface area contributed by atoms with Gasteiger partial charge in [0.2, 0.25) is 0 Å². The smallest absolute Gasteiger partial charge is 0.124 e. The molecule has 0 radical (unpaired) electrons. The maximum atomic E-state index is 4.98. The molecule has 12 aromatic rings. The number of hydrogen-bond donors (Lipinski definition) is 0. The number of anilines is 6. The quantitative estimate of drug-likeness (QED) is 0.152. The standard InChI is InChI=1S/C63H40N4S2/c1-3-15-43(16-4-1)66(45-31-27-41(28-32-45)61-64-57-23-11-13-25-59(57)68-61)47-35-37-51-52-38-36-48(40-56(52)63(55(51)39-47)53-21-9-7-19-49(53)50-20-8-10-22-54(50)63)67(44-17-5-2-6-18-44)46-33-29-42(30-34-46)62-65-58-24-12-14-26-60(58)69-62/h1-40H. The second kappa shape index (κ2) is 15.8. The molecular formula is C63H40N4S2. The molecule has 14 rings (SSSR count). The maximum Gasteiger partial charge on any atom is 0.124 e. The third-order valence-electron chi connectivity index (χ3n) is 13.9. The van der Waals surface area contributed by atoms with E-state index in [0.717, 1.165) is 66.3 Å². The molecule has 0 fully saturated rings. The van der Waals surface area contributed by atoms with Crippen molar-refractivity contribution in [3.05, 3.63) is 265 Å². The Morgan fingerprint density at radius 1 is 0.290 bits per heavy atom. The Morgan fingerprint density at radius 3 is 1.07 bits per heavy atom. The van der Waals surface area contributed by atoms with Crippen LogP contribution in [-0.4, -0.2) is 9.97 Å². The molecule has 2 heterocycles. The topological polar surface area (TPSA) is 32.3 Å². The van der Waals surface area contributed by atoms with Crippen LogP contribution in [0.25, 0.3) is 63.8 Å². The molecule has 4 nitrogen and oxygen atoms in total. The molecular weight excluding hydrogens is 877 g/mol. The minimum atomic E-state index is -0.581. The van der Waals surface area contributed by atoms with E-state index in [9.17, 15) is 0 Å². The van der Waals surface area contributed by atoms with Gasteiger partial charge in [-0.1, -0.05) is 121 Å². The van der Waals surface area contributed by atoms with Crippen molar-refractivity contribution in [3.63, 3.8) is 0 Å². The lowest BCUT2D eigenvalue weighted by molar-refractivity contribution is 0.793. The third-order valence-corrected chi connectivity index (χ3v) is 16.1. The Kier molecular flexibility index (Phi) is 9.12. The van der Waals surface area contributed by atoms with Gasteiger partial charge in [0.15, 0.2) is 0 Å². The summed E-state index contributed by atoms with van der Waals surface area (Å²) in [6, 6.07) is 88.4. The summed E-state index contributed by atoms with van der Waals surface area (Å²) in [6.45, 7) is 0. The van der Waals surface area contributed by atoms with E-state index in [0.29, 0.717) is 0 Å². The molecule has 0 unspecified atom stereocenters. The first-order valence-electron chi connectivity index (χ1n) is 23.3. The summed E-state index contributed by atoms with van der Waals surface area (Å²) >= 11 is 3.47. The number of thiazole rings is 2. The summed E-state index contributed by atoms with van der Waals surface area (Å²) in [5.74, 6) is 0. The van der Waals surface area contributed by atoms with Gasteiger partial charge in [0.1, 0.15) is 10.0 Å². The fourth-order valence-corrected chi connectivity index (χ4v) is 12.9. The molecule has 69 heavy (non-hydrogen) atoms. The summed E-state index contributed by atoms with van der Waals surface area (Å²) in [5.41, 5.74) is 20.5. The van der Waals surface area contributed by atoms with E-state index in [1.165, 1.54) is 53.9 Å². The molecule has 0 saturated carbocycles. The van der Waals surface area contributed by atoms with E-state index in [4.69, 9.17) is 9.97 Å². The van der Waals surface area contributed by atoms with E-state index in [1.807, 2.05) is 0 Å². The molecule has 0 aliphatic heterocycles. The molecule has 2 aliphatic carbocycles. The van der Waals surface area contributed by atoms with Crippen LogP contribution in [0.15, 0.2) is 243 Å². The van der Waals surface area contributed by atoms with Crippen LogP contribution in [0.2, 0.25) is 0 Å². The number of nitrogens with zero attached hydrogens (tertiary/aromatic N) is 4. The summed E-state index contributed by atoms with van der Waals surface area (Å²) in [5, 5.41) is 2.05. The van der Waals surface area contributed by atoms with Crippen LogP contribution in [0, 0.1) is 0 Å². The van der Waals surface area contributed by atoms with Gasteiger partial charge in [0.05, 0.1) is 25.8 Å². The van der Waals surface area contributed by atoms with E-state index in [-0.39, 0.29) is 0 Å². The van der Waals surface area contributed by atoms with Crippen LogP contribution in [-0.2, 0) is 5.41 Å². The van der Waals surface area contributed by atoms with Crippen LogP contribution >= 0.6 is 22.7 Å². The minimum absolute atomic E-state index is 0.581. The molecule has 6 heteroatoms. The van der Waals surface area contributed by atoms with Gasteiger partial charge >= 0.3 is 0 Å². The Labute approximate surface area is 408 Å². The Balaban J connectivity index is 0.937. The molecule has 0 amide bonds. The minimum Gasteiger partial charge on any atom is -0.310 e. The third kappa shape index (κ3) is 6.26. The molecule has 10 aromatic carbocycles. The zero-order valence-electron chi connectivity index (χ0n) is 37.2. The number of hydrogen-bond acceptors (Lipinski definition) is 6. The van der Waals surface area contributed by atoms with Crippen molar-refractivity contribution in [2.24, 2.45) is 0 Å². The SMILES string of the molecule is c1ccc(N(c2ccc(-c3nc4ccccc4s3)cc2)c2ccc3c(c2)C2(c4ccccc4-c4ccccc42)c2cc(N(c4ccccc4)c4ccc(-c5nc6ccccc6s5)cc4)ccc2-3)cc1. The molecule has 0 saturated heterocycles. The van der Waals surface area contributed by atoms with E-state index < -0.39 is 5.41 Å². The first kappa shape index (κ1) is 39.7. The van der Waals surface area contributed by atoms with Crippen LogP contribution in [0.1, 0.15) is 22.3 Å². The lowest BCUT2D eigenvalue weighted by atomic mass is 9.70. The molecule has 0 bridgehead atoms. The van der Waals surface area contributed by atoms with Crippen LogP contribution < -0.4 is 9.80 Å². The second-order valence-corrected chi connectivity index (χ2v) is 19.8. The van der Waals surface area contributed by atoms with Crippen molar-refractivity contribution >= 4 is 77.2 Å². The highest BCUT2D eigenvalue weighted by Gasteiger charge is 2.52. The fourth-order valence-electron chi connectivity index (χ4n) is 10.9. The summed E-state index contributed by atoms with van der Waals surface area (Å²) in [4.78, 5) is 14.8. The lowest BCUT2D eigenvalue weighted by Crippen LogP contribution is -2.26. The van der Waals surface area contributed by atoms with E-state index >= 15 is 0 Å². The molecule has 1 spiro atoms. The molecule has 0 atom stereocenters. The number of rotatable bonds is 8. The van der Waals surface area contributed by atoms with Crippen molar-refractivity contribution in [3.8, 4) is 43.4 Å². The first-order chi connectivity index (χ1) is 34.2. The summed E-state index contributed by atoms with van der Waals surface area (Å²) in [6.07, 6.45) is 0. The Bertz CT molecular complexity index is 3590. The van der Waals surface area contributed by atoms with Crippen molar-refractivity contribution in [1.82, 2.24) is 9.97 Å². The first-order valence-corrected chi connectivity index (χ1v) is 24.9. The Hall–Kier alpha value is -8.42. The predicted molar refractivity (Wildman–Crippen MR) is 289 cm³/mol. The fraction of sp³-hybridized carbons (Fsp3) is 0.0159. The number of para-hydroxylation sites is 4. The normalized spacial score (nSPS) is 12.8. The summed E-state index contributed by atoms with van der Waals surface area (Å²) in [7, 11) is 0. The Morgan fingerprint density at radius 2 is 0.638 bits per heavy atom. The molecule has 0 N–H and O–H groups in total. The highest BCUT2D eigenvalue weighted by Crippen LogP contribution is 2.64. The average molecular weight is 917 g/mol. The number of fused-ring (bicyclic) bond motifs is 12. The van der Waals surface area contributed by atoms with Gasteiger partial charge in [-0.25, -0.2) is 9.97 Å². The monoisotopic (exact) mass is 916 g/mol. The maximum absolute atomic E-state index is 4.98. The number of aromatic nitrogens is 2. The van der Waals surface area contributed by atoms with Gasteiger partial charge in [-0.05, 0) is 166 Å². The van der Waals surface area contributed by atoms with E-state index in [1.54, 1.807) is 22.7 Å². The van der Waals surface area contributed by atoms with Gasteiger partial charge in [0.25, 0.3) is 0 Å². The zero-order chi connectivity index (χ0) is 45.5. The molecule has 2 aromatic heterocycles. The van der Waals surface area contributed by atoms with Gasteiger partial charge in [-0.3, -0.25) is 0 Å². The molecule has 324 valence electrons. The highest BCUT2D eigenvalue weighted by molar-refractivity contribution is 7.22. The molecule has 2 aliphatic rings. The lowest BCUT2D eigenvalue weighted by Gasteiger charge is -2.33. The van der Waals surface area contributed by atoms with Crippen molar-refractivity contribution in [2.75, 3.05) is 9.80 Å². The van der Waals surface area contributed by atoms with Crippen molar-refractivity contribution < 1.29 is 0 Å². The van der Waals surface area contributed by atoms with E-state index in [2.05, 4.69) is 252 Å². The van der Waals surface area contributed by atoms with Gasteiger partial charge in [-0.2, -0.15) is 0 Å². The van der Waals surface area contributed by atoms with Crippen LogP contribution in [0.4, 0.5) is 34.1 Å². The van der Waals surface area contributed by atoms with Gasteiger partial charge < -0.3 is 9.80 Å². The predicted octanol–water partition coefficient (Wildman–Crippen LogP) is 17.5. The summed E-state index contributed by atoms with van der Waals surface area (Å²) < 4.78 is 2.39. The largest absolute Gasteiger partial charge is 0.310 e. The second-order valence-electron chi connectivity index (χ2n) is 17.7. The average Bonchev–Trinajstić information content (AvgIpc) is 4.19. The number of benzene rings is 10. The van der Waals surface area contributed by atoms with Crippen LogP contribution in [0.5, 0.6) is 0 Å². The van der Waals surface area contributed by atoms with Crippen LogP contribution in [0.3, 0.4) is 0 Å². The van der Waals surface area contributed by atoms with Crippen molar-refractivity contribution in [2.45, 2.75) is 5.41 Å². The van der Waals surface area contributed by atoms with Gasteiger partial charge in [0, 0.05) is 45.3 Å². The van der Waals surface area contributed by atoms with Crippen molar-refractivity contribution in [1.29, 1.82) is 0 Å².